The van der Waals surface area contributed by atoms with E-state index in [-0.39, 0.29) is 24.1 Å². The van der Waals surface area contributed by atoms with Crippen molar-refractivity contribution in [1.29, 1.82) is 0 Å². The molecule has 2 fully saturated rings. The SMILES string of the molecule is CN(C(=O)n1cnc(-c2cccc(C(=O)N3CCN(C(=O)OC(C)(C)C)CC3)c2)c1)C1CCOCC1. The molecule has 0 atom stereocenters. The van der Waals surface area contributed by atoms with Gasteiger partial charge in [0, 0.05) is 69.8 Å². The summed E-state index contributed by atoms with van der Waals surface area (Å²) in [5, 5.41) is 0. The van der Waals surface area contributed by atoms with Crippen LogP contribution in [0.25, 0.3) is 11.3 Å². The van der Waals surface area contributed by atoms with Gasteiger partial charge in [0.15, 0.2) is 0 Å². The van der Waals surface area contributed by atoms with E-state index in [0.29, 0.717) is 50.7 Å². The van der Waals surface area contributed by atoms with Gasteiger partial charge in [0.2, 0.25) is 0 Å². The van der Waals surface area contributed by atoms with Crippen LogP contribution >= 0.6 is 0 Å². The molecule has 3 heterocycles. The van der Waals surface area contributed by atoms with Gasteiger partial charge >= 0.3 is 12.1 Å². The summed E-state index contributed by atoms with van der Waals surface area (Å²) in [7, 11) is 1.81. The highest BCUT2D eigenvalue weighted by Gasteiger charge is 2.28. The summed E-state index contributed by atoms with van der Waals surface area (Å²) < 4.78 is 12.3. The molecule has 2 aromatic rings. The van der Waals surface area contributed by atoms with Crippen LogP contribution in [0.4, 0.5) is 9.59 Å². The molecule has 3 amide bonds. The fourth-order valence-corrected chi connectivity index (χ4v) is 4.40. The summed E-state index contributed by atoms with van der Waals surface area (Å²) in [6.45, 7) is 8.54. The van der Waals surface area contributed by atoms with Crippen LogP contribution in [0.3, 0.4) is 0 Å². The predicted molar refractivity (Wildman–Crippen MR) is 134 cm³/mol. The average Bonchev–Trinajstić information content (AvgIpc) is 3.37. The van der Waals surface area contributed by atoms with Crippen molar-refractivity contribution in [3.63, 3.8) is 0 Å². The molecule has 10 nitrogen and oxygen atoms in total. The van der Waals surface area contributed by atoms with Gasteiger partial charge in [0.1, 0.15) is 11.9 Å². The Bertz CT molecular complexity index is 1090. The molecule has 2 aliphatic rings. The van der Waals surface area contributed by atoms with Crippen LogP contribution < -0.4 is 0 Å². The molecule has 0 bridgehead atoms. The molecule has 36 heavy (non-hydrogen) atoms. The van der Waals surface area contributed by atoms with E-state index >= 15 is 0 Å². The molecular formula is C26H35N5O5. The van der Waals surface area contributed by atoms with Crippen LogP contribution in [-0.2, 0) is 9.47 Å². The lowest BCUT2D eigenvalue weighted by molar-refractivity contribution is 0.0141. The normalized spacial score (nSPS) is 17.1. The van der Waals surface area contributed by atoms with Crippen molar-refractivity contribution in [3.05, 3.63) is 42.4 Å². The second-order valence-electron chi connectivity index (χ2n) is 10.2. The number of amides is 3. The first kappa shape index (κ1) is 25.7. The Morgan fingerprint density at radius 3 is 2.39 bits per heavy atom. The number of carbonyl (C=O) groups is 3. The van der Waals surface area contributed by atoms with Crippen LogP contribution in [0, 0.1) is 0 Å². The minimum atomic E-state index is -0.553. The van der Waals surface area contributed by atoms with Crippen molar-refractivity contribution in [3.8, 4) is 11.3 Å². The lowest BCUT2D eigenvalue weighted by Crippen LogP contribution is -2.51. The summed E-state index contributed by atoms with van der Waals surface area (Å²) >= 11 is 0. The van der Waals surface area contributed by atoms with Gasteiger partial charge in [0.25, 0.3) is 5.91 Å². The number of ether oxygens (including phenoxy) is 2. The van der Waals surface area contributed by atoms with Crippen molar-refractivity contribution in [2.75, 3.05) is 46.4 Å². The Hall–Kier alpha value is -3.40. The van der Waals surface area contributed by atoms with Gasteiger partial charge in [0.05, 0.1) is 5.69 Å². The van der Waals surface area contributed by atoms with Gasteiger partial charge in [-0.1, -0.05) is 12.1 Å². The van der Waals surface area contributed by atoms with Crippen LogP contribution in [0.1, 0.15) is 44.0 Å². The van der Waals surface area contributed by atoms with E-state index in [1.165, 1.54) is 10.9 Å². The molecule has 0 N–H and O–H groups in total. The van der Waals surface area contributed by atoms with Crippen LogP contribution in [0.15, 0.2) is 36.8 Å². The van der Waals surface area contributed by atoms with Crippen molar-refractivity contribution in [1.82, 2.24) is 24.3 Å². The van der Waals surface area contributed by atoms with Gasteiger partial charge in [-0.15, -0.1) is 0 Å². The number of hydrogen-bond donors (Lipinski definition) is 0. The third-order valence-electron chi connectivity index (χ3n) is 6.47. The molecule has 10 heteroatoms. The lowest BCUT2D eigenvalue weighted by atomic mass is 10.1. The third-order valence-corrected chi connectivity index (χ3v) is 6.47. The van der Waals surface area contributed by atoms with E-state index in [0.717, 1.165) is 18.4 Å². The molecule has 194 valence electrons. The van der Waals surface area contributed by atoms with Gasteiger partial charge in [-0.2, -0.15) is 0 Å². The van der Waals surface area contributed by atoms with E-state index in [1.807, 2.05) is 32.9 Å². The number of piperazine rings is 1. The minimum absolute atomic E-state index is 0.101. The van der Waals surface area contributed by atoms with E-state index in [9.17, 15) is 14.4 Å². The molecule has 2 aliphatic heterocycles. The Morgan fingerprint density at radius 1 is 1.06 bits per heavy atom. The van der Waals surface area contributed by atoms with Crippen molar-refractivity contribution in [2.24, 2.45) is 0 Å². The third kappa shape index (κ3) is 6.04. The van der Waals surface area contributed by atoms with E-state index in [1.54, 1.807) is 40.1 Å². The molecule has 0 radical (unpaired) electrons. The molecule has 1 aromatic heterocycles. The van der Waals surface area contributed by atoms with E-state index in [2.05, 4.69) is 4.98 Å². The molecule has 0 saturated carbocycles. The average molecular weight is 498 g/mol. The fraction of sp³-hybridized carbons (Fsp3) is 0.538. The van der Waals surface area contributed by atoms with Crippen molar-refractivity contribution >= 4 is 18.0 Å². The molecule has 0 spiro atoms. The Labute approximate surface area is 211 Å². The number of nitrogens with zero attached hydrogens (tertiary/aromatic N) is 5. The molecule has 4 rings (SSSR count). The molecule has 2 saturated heterocycles. The Kier molecular flexibility index (Phi) is 7.63. The zero-order valence-electron chi connectivity index (χ0n) is 21.5. The maximum Gasteiger partial charge on any atom is 0.410 e. The number of benzene rings is 1. The minimum Gasteiger partial charge on any atom is -0.444 e. The van der Waals surface area contributed by atoms with Crippen LogP contribution in [-0.4, -0.2) is 100 Å². The first-order chi connectivity index (χ1) is 17.1. The van der Waals surface area contributed by atoms with Gasteiger partial charge < -0.3 is 24.2 Å². The van der Waals surface area contributed by atoms with Crippen LogP contribution in [0.2, 0.25) is 0 Å². The monoisotopic (exact) mass is 497 g/mol. The summed E-state index contributed by atoms with van der Waals surface area (Å²) in [4.78, 5) is 47.9. The molecule has 0 unspecified atom stereocenters. The Morgan fingerprint density at radius 2 is 1.72 bits per heavy atom. The van der Waals surface area contributed by atoms with Gasteiger partial charge in [-0.25, -0.2) is 14.6 Å². The van der Waals surface area contributed by atoms with Crippen molar-refractivity contribution < 1.29 is 23.9 Å². The standard InChI is InChI=1S/C26H35N5O5/c1-26(2,3)36-25(34)30-12-10-29(11-13-30)23(32)20-7-5-6-19(16-20)22-17-31(18-27-22)24(33)28(4)21-8-14-35-15-9-21/h5-7,16-18,21H,8-15H2,1-4H3. The first-order valence-corrected chi connectivity index (χ1v) is 12.4. The largest absolute Gasteiger partial charge is 0.444 e. The van der Waals surface area contributed by atoms with E-state index in [4.69, 9.17) is 9.47 Å². The topological polar surface area (TPSA) is 97.2 Å². The number of carbonyl (C=O) groups excluding carboxylic acids is 3. The highest BCUT2D eigenvalue weighted by atomic mass is 16.6. The smallest absolute Gasteiger partial charge is 0.410 e. The summed E-state index contributed by atoms with van der Waals surface area (Å²) in [6, 6.07) is 7.25. The van der Waals surface area contributed by atoms with E-state index < -0.39 is 5.60 Å². The predicted octanol–water partition coefficient (Wildman–Crippen LogP) is 3.32. The number of imidazole rings is 1. The lowest BCUT2D eigenvalue weighted by Gasteiger charge is -2.35. The number of rotatable bonds is 3. The first-order valence-electron chi connectivity index (χ1n) is 12.4. The van der Waals surface area contributed by atoms with Crippen molar-refractivity contribution in [2.45, 2.75) is 45.3 Å². The second kappa shape index (κ2) is 10.7. The maximum absolute atomic E-state index is 13.2. The van der Waals surface area contributed by atoms with Gasteiger partial charge in [-0.3, -0.25) is 9.36 Å². The molecule has 1 aromatic carbocycles. The number of aromatic nitrogens is 2. The number of hydrogen-bond acceptors (Lipinski definition) is 6. The second-order valence-corrected chi connectivity index (χ2v) is 10.2. The zero-order valence-corrected chi connectivity index (χ0v) is 21.5. The quantitative estimate of drug-likeness (QED) is 0.645. The highest BCUT2D eigenvalue weighted by Crippen LogP contribution is 2.21. The zero-order chi connectivity index (χ0) is 25.9. The summed E-state index contributed by atoms with van der Waals surface area (Å²) in [5.41, 5.74) is 1.36. The highest BCUT2D eigenvalue weighted by molar-refractivity contribution is 5.95. The fourth-order valence-electron chi connectivity index (χ4n) is 4.40. The summed E-state index contributed by atoms with van der Waals surface area (Å²) in [6.07, 6.45) is 4.49. The maximum atomic E-state index is 13.2. The molecular weight excluding hydrogens is 462 g/mol. The Balaban J connectivity index is 1.39. The summed E-state index contributed by atoms with van der Waals surface area (Å²) in [5.74, 6) is -0.101. The van der Waals surface area contributed by atoms with Crippen LogP contribution in [0.5, 0.6) is 0 Å². The van der Waals surface area contributed by atoms with Gasteiger partial charge in [-0.05, 0) is 45.7 Å². The molecule has 0 aliphatic carbocycles.